The number of ketones is 1. The Balaban J connectivity index is 1.71. The normalized spacial score (nSPS) is 16.2. The Kier molecular flexibility index (Phi) is 4.98. The van der Waals surface area contributed by atoms with E-state index in [9.17, 15) is 19.1 Å². The van der Waals surface area contributed by atoms with Crippen molar-refractivity contribution in [2.75, 3.05) is 12.0 Å². The average Bonchev–Trinajstić information content (AvgIpc) is 3.49. The molecule has 1 N–H and O–H groups in total. The van der Waals surface area contributed by atoms with E-state index in [4.69, 9.17) is 9.15 Å². The van der Waals surface area contributed by atoms with Gasteiger partial charge in [0.1, 0.15) is 23.4 Å². The Bertz CT molecular complexity index is 1450. The van der Waals surface area contributed by atoms with Crippen LogP contribution in [0.5, 0.6) is 5.75 Å². The first-order valence-corrected chi connectivity index (χ1v) is 10.8. The lowest BCUT2D eigenvalue weighted by Crippen LogP contribution is -2.31. The number of benzene rings is 2. The first kappa shape index (κ1) is 20.9. The molecule has 0 bridgehead atoms. The van der Waals surface area contributed by atoms with Crippen molar-refractivity contribution in [2.45, 2.75) is 13.0 Å². The summed E-state index contributed by atoms with van der Waals surface area (Å²) in [4.78, 5) is 32.4. The molecule has 2 aromatic heterocycles. The van der Waals surface area contributed by atoms with E-state index >= 15 is 0 Å². The van der Waals surface area contributed by atoms with Gasteiger partial charge in [0.25, 0.3) is 5.91 Å². The lowest BCUT2D eigenvalue weighted by atomic mass is 9.94. The fourth-order valence-electron chi connectivity index (χ4n) is 3.90. The number of furan rings is 1. The molecule has 0 saturated heterocycles. The maximum Gasteiger partial charge on any atom is 0.296 e. The largest absolute Gasteiger partial charge is 0.503 e. The van der Waals surface area contributed by atoms with E-state index < -0.39 is 29.3 Å². The van der Waals surface area contributed by atoms with Crippen molar-refractivity contribution in [1.82, 2.24) is 4.98 Å². The molecule has 4 aromatic rings. The SMILES string of the molecule is COc1ccccc1[C@@H]1C(C(=O)c2ccc(C)o2)=C(O)C(=O)N1c1nc2ccc(F)cc2s1. The van der Waals surface area contributed by atoms with Crippen molar-refractivity contribution in [3.8, 4) is 5.75 Å². The number of aryl methyl sites for hydroxylation is 1. The first-order valence-electron chi connectivity index (χ1n) is 9.96. The second kappa shape index (κ2) is 7.86. The number of aromatic nitrogens is 1. The van der Waals surface area contributed by atoms with Crippen molar-refractivity contribution in [1.29, 1.82) is 0 Å². The highest BCUT2D eigenvalue weighted by atomic mass is 32.1. The third-order valence-electron chi connectivity index (χ3n) is 5.40. The fourth-order valence-corrected chi connectivity index (χ4v) is 4.92. The van der Waals surface area contributed by atoms with Gasteiger partial charge in [0.05, 0.1) is 22.9 Å². The quantitative estimate of drug-likeness (QED) is 0.412. The Morgan fingerprint density at radius 1 is 1.21 bits per heavy atom. The molecule has 1 aliphatic rings. The van der Waals surface area contributed by atoms with Crippen LogP contribution in [-0.4, -0.2) is 28.9 Å². The molecule has 0 radical (unpaired) electrons. The number of nitrogens with zero attached hydrogens (tertiary/aromatic N) is 2. The summed E-state index contributed by atoms with van der Waals surface area (Å²) in [5.74, 6) is -1.62. The number of anilines is 1. The summed E-state index contributed by atoms with van der Waals surface area (Å²) in [6, 6.07) is 13.1. The van der Waals surface area contributed by atoms with Gasteiger partial charge in [0.2, 0.25) is 5.78 Å². The number of carbonyl (C=O) groups excluding carboxylic acids is 2. The number of hydrogen-bond donors (Lipinski definition) is 1. The van der Waals surface area contributed by atoms with E-state index in [1.54, 1.807) is 37.3 Å². The van der Waals surface area contributed by atoms with Gasteiger partial charge in [-0.2, -0.15) is 0 Å². The molecule has 0 spiro atoms. The van der Waals surface area contributed by atoms with Crippen molar-refractivity contribution in [3.05, 3.63) is 88.8 Å². The first-order chi connectivity index (χ1) is 15.9. The monoisotopic (exact) mass is 464 g/mol. The third-order valence-corrected chi connectivity index (χ3v) is 6.41. The minimum atomic E-state index is -1.03. The summed E-state index contributed by atoms with van der Waals surface area (Å²) >= 11 is 1.08. The molecule has 1 amide bonds. The second-order valence-corrected chi connectivity index (χ2v) is 8.44. The van der Waals surface area contributed by atoms with Gasteiger partial charge in [0.15, 0.2) is 16.7 Å². The summed E-state index contributed by atoms with van der Waals surface area (Å²) in [5.41, 5.74) is 0.822. The number of hydrogen-bond acceptors (Lipinski definition) is 7. The van der Waals surface area contributed by atoms with Crippen LogP contribution in [0.25, 0.3) is 10.2 Å². The minimum absolute atomic E-state index is 0.00466. The number of halogens is 1. The Morgan fingerprint density at radius 3 is 2.73 bits per heavy atom. The minimum Gasteiger partial charge on any atom is -0.503 e. The van der Waals surface area contributed by atoms with Crippen molar-refractivity contribution >= 4 is 38.4 Å². The standard InChI is InChI=1S/C24H17FN2O5S/c1-12-7-10-17(32-12)21(28)19-20(14-5-3-4-6-16(14)31-2)27(23(30)22(19)29)24-26-15-9-8-13(25)11-18(15)33-24/h3-11,20,29H,1-2H3/t20-/m1/s1. The van der Waals surface area contributed by atoms with Crippen LogP contribution in [0.1, 0.15) is 27.9 Å². The molecule has 33 heavy (non-hydrogen) atoms. The number of rotatable bonds is 5. The highest BCUT2D eigenvalue weighted by Gasteiger charge is 2.47. The summed E-state index contributed by atoms with van der Waals surface area (Å²) in [6.45, 7) is 1.69. The average molecular weight is 464 g/mol. The summed E-state index contributed by atoms with van der Waals surface area (Å²) in [5, 5.41) is 11.1. The van der Waals surface area contributed by atoms with Gasteiger partial charge in [-0.1, -0.05) is 29.5 Å². The molecular formula is C24H17FN2O5S. The van der Waals surface area contributed by atoms with Gasteiger partial charge < -0.3 is 14.3 Å². The van der Waals surface area contributed by atoms with E-state index in [2.05, 4.69) is 4.98 Å². The summed E-state index contributed by atoms with van der Waals surface area (Å²) < 4.78 is 25.2. The van der Waals surface area contributed by atoms with E-state index in [-0.39, 0.29) is 16.5 Å². The zero-order valence-electron chi connectivity index (χ0n) is 17.5. The van der Waals surface area contributed by atoms with Crippen LogP contribution in [0, 0.1) is 12.7 Å². The van der Waals surface area contributed by atoms with Crippen LogP contribution in [0.3, 0.4) is 0 Å². The molecule has 0 aliphatic carbocycles. The number of para-hydroxylation sites is 1. The molecule has 0 unspecified atom stereocenters. The number of fused-ring (bicyclic) bond motifs is 1. The molecule has 166 valence electrons. The molecule has 7 nitrogen and oxygen atoms in total. The lowest BCUT2D eigenvalue weighted by Gasteiger charge is -2.25. The van der Waals surface area contributed by atoms with Gasteiger partial charge in [-0.15, -0.1) is 0 Å². The van der Waals surface area contributed by atoms with Crippen LogP contribution in [-0.2, 0) is 4.79 Å². The second-order valence-electron chi connectivity index (χ2n) is 7.43. The van der Waals surface area contributed by atoms with Crippen LogP contribution in [0.4, 0.5) is 9.52 Å². The Morgan fingerprint density at radius 2 is 2.00 bits per heavy atom. The van der Waals surface area contributed by atoms with Gasteiger partial charge in [-0.3, -0.25) is 14.5 Å². The number of carbonyl (C=O) groups is 2. The van der Waals surface area contributed by atoms with Crippen LogP contribution < -0.4 is 9.64 Å². The van der Waals surface area contributed by atoms with Crippen molar-refractivity contribution < 1.29 is 28.2 Å². The van der Waals surface area contributed by atoms with Crippen molar-refractivity contribution in [2.24, 2.45) is 0 Å². The molecule has 0 fully saturated rings. The summed E-state index contributed by atoms with van der Waals surface area (Å²) in [7, 11) is 1.47. The molecule has 3 heterocycles. The zero-order chi connectivity index (χ0) is 23.3. The molecule has 5 rings (SSSR count). The van der Waals surface area contributed by atoms with E-state index in [0.717, 1.165) is 11.3 Å². The Labute approximate surface area is 191 Å². The number of amides is 1. The van der Waals surface area contributed by atoms with Crippen LogP contribution in [0.2, 0.25) is 0 Å². The molecule has 1 atom stereocenters. The predicted octanol–water partition coefficient (Wildman–Crippen LogP) is 5.13. The summed E-state index contributed by atoms with van der Waals surface area (Å²) in [6.07, 6.45) is 0. The van der Waals surface area contributed by atoms with E-state index in [0.29, 0.717) is 27.3 Å². The van der Waals surface area contributed by atoms with Crippen LogP contribution in [0.15, 0.2) is 70.3 Å². The van der Waals surface area contributed by atoms with Crippen LogP contribution >= 0.6 is 11.3 Å². The lowest BCUT2D eigenvalue weighted by molar-refractivity contribution is -0.117. The third kappa shape index (κ3) is 3.37. The zero-order valence-corrected chi connectivity index (χ0v) is 18.4. The van der Waals surface area contributed by atoms with E-state index in [1.165, 1.54) is 36.3 Å². The highest BCUT2D eigenvalue weighted by molar-refractivity contribution is 7.22. The van der Waals surface area contributed by atoms with Crippen molar-refractivity contribution in [3.63, 3.8) is 0 Å². The number of aliphatic hydroxyl groups is 1. The number of aliphatic hydroxyl groups excluding tert-OH is 1. The van der Waals surface area contributed by atoms with Gasteiger partial charge in [-0.25, -0.2) is 9.37 Å². The molecule has 1 aliphatic heterocycles. The number of ether oxygens (including phenoxy) is 1. The smallest absolute Gasteiger partial charge is 0.296 e. The Hall–Kier alpha value is -3.98. The predicted molar refractivity (Wildman–Crippen MR) is 120 cm³/mol. The van der Waals surface area contributed by atoms with Gasteiger partial charge >= 0.3 is 0 Å². The molecule has 2 aromatic carbocycles. The van der Waals surface area contributed by atoms with Gasteiger partial charge in [-0.05, 0) is 43.3 Å². The number of Topliss-reactive ketones (excluding diaryl/α,β-unsaturated/α-hetero) is 1. The maximum absolute atomic E-state index is 13.7. The number of thiazole rings is 1. The molecule has 0 saturated carbocycles. The molecule has 9 heteroatoms. The molecular weight excluding hydrogens is 447 g/mol. The topological polar surface area (TPSA) is 92.9 Å². The van der Waals surface area contributed by atoms with E-state index in [1.807, 2.05) is 0 Å². The highest BCUT2D eigenvalue weighted by Crippen LogP contribution is 2.46. The maximum atomic E-state index is 13.7. The fraction of sp³-hybridized carbons (Fsp3) is 0.125. The number of methoxy groups -OCH3 is 1. The van der Waals surface area contributed by atoms with Gasteiger partial charge in [0, 0.05) is 5.56 Å².